The van der Waals surface area contributed by atoms with Crippen molar-refractivity contribution >= 4 is 29.1 Å². The second-order valence-electron chi connectivity index (χ2n) is 5.53. The number of amides is 1. The number of aromatic nitrogens is 2. The third-order valence-electron chi connectivity index (χ3n) is 3.78. The maximum atomic E-state index is 13.2. The molecule has 3 aromatic rings. The molecule has 3 rings (SSSR count). The lowest BCUT2D eigenvalue weighted by molar-refractivity contribution is 0.101. The molecule has 1 heterocycles. The van der Waals surface area contributed by atoms with Gasteiger partial charge in [0.2, 0.25) is 0 Å². The highest BCUT2D eigenvalue weighted by molar-refractivity contribution is 7.98. The van der Waals surface area contributed by atoms with E-state index in [1.807, 2.05) is 6.26 Å². The van der Waals surface area contributed by atoms with Crippen molar-refractivity contribution in [3.05, 3.63) is 71.8 Å². The Labute approximate surface area is 154 Å². The number of nitrogens with one attached hydrogen (secondary N) is 1. The number of halogens is 1. The largest absolute Gasteiger partial charge is 0.321 e. The Kier molecular flexibility index (Phi) is 5.18. The van der Waals surface area contributed by atoms with Crippen molar-refractivity contribution < 1.29 is 14.0 Å². The predicted octanol–water partition coefficient (Wildman–Crippen LogP) is 4.19. The van der Waals surface area contributed by atoms with Crippen molar-refractivity contribution in [1.29, 1.82) is 0 Å². The molecule has 1 aromatic heterocycles. The minimum absolute atomic E-state index is 0.0399. The maximum absolute atomic E-state index is 13.2. The molecule has 26 heavy (non-hydrogen) atoms. The van der Waals surface area contributed by atoms with E-state index in [4.69, 9.17) is 0 Å². The van der Waals surface area contributed by atoms with Crippen LogP contribution in [-0.2, 0) is 0 Å². The Balaban J connectivity index is 1.91. The van der Waals surface area contributed by atoms with Gasteiger partial charge in [-0.25, -0.2) is 9.37 Å². The van der Waals surface area contributed by atoms with E-state index >= 15 is 0 Å². The SMILES string of the molecule is CSc1ncc(C(=O)Nc2ccc(C(C)=O)cc2)n1-c1ccc(F)cc1. The third kappa shape index (κ3) is 3.67. The van der Waals surface area contributed by atoms with Gasteiger partial charge in [0.15, 0.2) is 10.9 Å². The summed E-state index contributed by atoms with van der Waals surface area (Å²) < 4.78 is 14.9. The lowest BCUT2D eigenvalue weighted by Crippen LogP contribution is -2.16. The van der Waals surface area contributed by atoms with Crippen molar-refractivity contribution in [2.75, 3.05) is 11.6 Å². The maximum Gasteiger partial charge on any atom is 0.274 e. The zero-order valence-corrected chi connectivity index (χ0v) is 15.0. The van der Waals surface area contributed by atoms with Gasteiger partial charge in [0.05, 0.1) is 6.20 Å². The molecule has 1 amide bonds. The van der Waals surface area contributed by atoms with Gasteiger partial charge in [-0.1, -0.05) is 11.8 Å². The molecule has 0 saturated carbocycles. The van der Waals surface area contributed by atoms with Crippen LogP contribution in [0.15, 0.2) is 59.9 Å². The van der Waals surface area contributed by atoms with Crippen LogP contribution < -0.4 is 5.32 Å². The van der Waals surface area contributed by atoms with Gasteiger partial charge in [-0.2, -0.15) is 0 Å². The highest BCUT2D eigenvalue weighted by atomic mass is 32.2. The molecule has 0 radical (unpaired) electrons. The highest BCUT2D eigenvalue weighted by Crippen LogP contribution is 2.23. The Morgan fingerprint density at radius 2 is 1.73 bits per heavy atom. The topological polar surface area (TPSA) is 64.0 Å². The lowest BCUT2D eigenvalue weighted by Gasteiger charge is -2.11. The molecule has 5 nitrogen and oxygen atoms in total. The molecule has 0 spiro atoms. The Morgan fingerprint density at radius 3 is 2.31 bits per heavy atom. The predicted molar refractivity (Wildman–Crippen MR) is 99.7 cm³/mol. The number of rotatable bonds is 5. The van der Waals surface area contributed by atoms with Crippen LogP contribution in [0.1, 0.15) is 27.8 Å². The fraction of sp³-hybridized carbons (Fsp3) is 0.105. The summed E-state index contributed by atoms with van der Waals surface area (Å²) in [6.07, 6.45) is 3.33. The second kappa shape index (κ2) is 7.53. The molecule has 0 unspecified atom stereocenters. The quantitative estimate of drug-likeness (QED) is 0.541. The van der Waals surface area contributed by atoms with E-state index < -0.39 is 0 Å². The molecule has 0 saturated heterocycles. The number of anilines is 1. The van der Waals surface area contributed by atoms with E-state index in [0.29, 0.717) is 27.8 Å². The van der Waals surface area contributed by atoms with E-state index in [0.717, 1.165) is 0 Å². The zero-order valence-electron chi connectivity index (χ0n) is 14.2. The van der Waals surface area contributed by atoms with Crippen molar-refractivity contribution in [2.45, 2.75) is 12.1 Å². The van der Waals surface area contributed by atoms with E-state index in [1.165, 1.54) is 37.0 Å². The minimum Gasteiger partial charge on any atom is -0.321 e. The monoisotopic (exact) mass is 369 g/mol. The zero-order chi connectivity index (χ0) is 18.7. The molecule has 0 aliphatic rings. The van der Waals surface area contributed by atoms with Crippen LogP contribution in [0, 0.1) is 5.82 Å². The van der Waals surface area contributed by atoms with Gasteiger partial charge in [0.25, 0.3) is 5.91 Å². The standard InChI is InChI=1S/C19H16FN3O2S/c1-12(24)13-3-7-15(8-4-13)22-18(25)17-11-21-19(26-2)23(17)16-9-5-14(20)6-10-16/h3-11H,1-2H3,(H,22,25). The van der Waals surface area contributed by atoms with Crippen LogP contribution in [-0.4, -0.2) is 27.5 Å². The molecule has 1 N–H and O–H groups in total. The molecule has 132 valence electrons. The molecular formula is C19H16FN3O2S. The number of hydrogen-bond acceptors (Lipinski definition) is 4. The van der Waals surface area contributed by atoms with Crippen LogP contribution in [0.25, 0.3) is 5.69 Å². The number of carbonyl (C=O) groups is 2. The van der Waals surface area contributed by atoms with Gasteiger partial charge in [0, 0.05) is 16.9 Å². The van der Waals surface area contributed by atoms with Crippen molar-refractivity contribution in [2.24, 2.45) is 0 Å². The number of benzene rings is 2. The lowest BCUT2D eigenvalue weighted by atomic mass is 10.1. The first-order valence-corrected chi connectivity index (χ1v) is 9.02. The number of ketones is 1. The summed E-state index contributed by atoms with van der Waals surface area (Å²) in [6, 6.07) is 12.5. The molecule has 0 fully saturated rings. The Morgan fingerprint density at radius 1 is 1.08 bits per heavy atom. The number of imidazole rings is 1. The Bertz CT molecular complexity index is 950. The normalized spacial score (nSPS) is 10.6. The van der Waals surface area contributed by atoms with Gasteiger partial charge < -0.3 is 5.32 Å². The number of carbonyl (C=O) groups excluding carboxylic acids is 2. The van der Waals surface area contributed by atoms with E-state index in [9.17, 15) is 14.0 Å². The summed E-state index contributed by atoms with van der Waals surface area (Å²) in [4.78, 5) is 28.3. The molecule has 7 heteroatoms. The summed E-state index contributed by atoms with van der Waals surface area (Å²) in [5, 5.41) is 3.41. The molecule has 0 bridgehead atoms. The molecule has 0 atom stereocenters. The van der Waals surface area contributed by atoms with Gasteiger partial charge in [-0.05, 0) is 61.7 Å². The molecule has 2 aromatic carbocycles. The van der Waals surface area contributed by atoms with E-state index in [1.54, 1.807) is 41.0 Å². The average molecular weight is 369 g/mol. The summed E-state index contributed by atoms with van der Waals surface area (Å²) in [5.74, 6) is -0.740. The summed E-state index contributed by atoms with van der Waals surface area (Å²) in [7, 11) is 0. The number of hydrogen-bond donors (Lipinski definition) is 1. The van der Waals surface area contributed by atoms with Gasteiger partial charge in [-0.15, -0.1) is 0 Å². The second-order valence-corrected chi connectivity index (χ2v) is 6.30. The van der Waals surface area contributed by atoms with Crippen LogP contribution in [0.5, 0.6) is 0 Å². The van der Waals surface area contributed by atoms with Crippen LogP contribution in [0.2, 0.25) is 0 Å². The van der Waals surface area contributed by atoms with Crippen molar-refractivity contribution in [3.8, 4) is 5.69 Å². The first-order chi connectivity index (χ1) is 12.5. The molecule has 0 aliphatic carbocycles. The van der Waals surface area contributed by atoms with E-state index in [2.05, 4.69) is 10.3 Å². The van der Waals surface area contributed by atoms with Gasteiger partial charge in [-0.3, -0.25) is 14.2 Å². The smallest absolute Gasteiger partial charge is 0.274 e. The summed E-state index contributed by atoms with van der Waals surface area (Å²) >= 11 is 1.38. The summed E-state index contributed by atoms with van der Waals surface area (Å²) in [5.41, 5.74) is 2.11. The summed E-state index contributed by atoms with van der Waals surface area (Å²) in [6.45, 7) is 1.48. The average Bonchev–Trinajstić information content (AvgIpc) is 3.07. The Hall–Kier alpha value is -2.93. The third-order valence-corrected chi connectivity index (χ3v) is 4.43. The van der Waals surface area contributed by atoms with E-state index in [-0.39, 0.29) is 17.5 Å². The first kappa shape index (κ1) is 17.9. The number of thioether (sulfide) groups is 1. The van der Waals surface area contributed by atoms with Gasteiger partial charge >= 0.3 is 0 Å². The molecular weight excluding hydrogens is 353 g/mol. The number of nitrogens with zero attached hydrogens (tertiary/aromatic N) is 2. The van der Waals surface area contributed by atoms with Crippen LogP contribution in [0.3, 0.4) is 0 Å². The van der Waals surface area contributed by atoms with Crippen molar-refractivity contribution in [1.82, 2.24) is 9.55 Å². The fourth-order valence-corrected chi connectivity index (χ4v) is 3.01. The highest BCUT2D eigenvalue weighted by Gasteiger charge is 2.18. The van der Waals surface area contributed by atoms with Gasteiger partial charge in [0.1, 0.15) is 11.5 Å². The number of Topliss-reactive ketones (excluding diaryl/α,β-unsaturated/α-hetero) is 1. The minimum atomic E-state index is -0.351. The molecule has 0 aliphatic heterocycles. The van der Waals surface area contributed by atoms with Crippen LogP contribution >= 0.6 is 11.8 Å². The van der Waals surface area contributed by atoms with Crippen LogP contribution in [0.4, 0.5) is 10.1 Å². The first-order valence-electron chi connectivity index (χ1n) is 7.79. The fourth-order valence-electron chi connectivity index (χ4n) is 2.46. The van der Waals surface area contributed by atoms with Crippen molar-refractivity contribution in [3.63, 3.8) is 0 Å².